The monoisotopic (exact) mass is 545 g/mol. The zero-order chi connectivity index (χ0) is 28.6. The van der Waals surface area contributed by atoms with Gasteiger partial charge in [-0.05, 0) is 88.5 Å². The van der Waals surface area contributed by atoms with Gasteiger partial charge in [-0.3, -0.25) is 9.97 Å². The number of benzene rings is 2. The number of imidazole rings is 1. The van der Waals surface area contributed by atoms with Crippen molar-refractivity contribution in [3.8, 4) is 0 Å². The van der Waals surface area contributed by atoms with Crippen LogP contribution in [0.4, 0.5) is 11.6 Å². The number of hydrogen-bond acceptors (Lipinski definition) is 8. The molecule has 40 heavy (non-hydrogen) atoms. The first-order valence-corrected chi connectivity index (χ1v) is 14.1. The van der Waals surface area contributed by atoms with Crippen molar-refractivity contribution in [2.75, 3.05) is 49.6 Å². The Morgan fingerprint density at radius 1 is 0.800 bits per heavy atom. The van der Waals surface area contributed by atoms with E-state index >= 15 is 0 Å². The zero-order valence-corrected chi connectivity index (χ0v) is 24.5. The summed E-state index contributed by atoms with van der Waals surface area (Å²) >= 11 is 0. The zero-order valence-electron chi connectivity index (χ0n) is 24.5. The fourth-order valence-electron chi connectivity index (χ4n) is 5.01. The van der Waals surface area contributed by atoms with E-state index in [-0.39, 0.29) is 13.2 Å². The third-order valence-corrected chi connectivity index (χ3v) is 7.12. The second kappa shape index (κ2) is 13.7. The highest BCUT2D eigenvalue weighted by Gasteiger charge is 2.16. The van der Waals surface area contributed by atoms with E-state index in [4.69, 9.17) is 20.1 Å². The lowest BCUT2D eigenvalue weighted by molar-refractivity contribution is 0.292. The summed E-state index contributed by atoms with van der Waals surface area (Å²) in [7, 11) is 0. The van der Waals surface area contributed by atoms with Crippen molar-refractivity contribution >= 4 is 22.7 Å². The average molecular weight is 546 g/mol. The number of nitrogens with zero attached hydrogens (tertiary/aromatic N) is 5. The Balaban J connectivity index is 1.67. The Bertz CT molecular complexity index is 1410. The Kier molecular flexibility index (Phi) is 10.1. The molecule has 0 unspecified atom stereocenters. The number of fused-ring (bicyclic) bond motifs is 1. The molecule has 0 spiro atoms. The second-order valence-corrected chi connectivity index (χ2v) is 10.5. The quantitative estimate of drug-likeness (QED) is 0.177. The molecule has 0 saturated carbocycles. The molecule has 4 N–H and O–H groups in total. The minimum absolute atomic E-state index is 0.0825. The molecule has 0 amide bonds. The van der Waals surface area contributed by atoms with Crippen LogP contribution in [0.5, 0.6) is 0 Å². The molecule has 9 nitrogen and oxygen atoms in total. The van der Waals surface area contributed by atoms with Gasteiger partial charge in [-0.1, -0.05) is 12.1 Å². The summed E-state index contributed by atoms with van der Waals surface area (Å²) < 4.78 is 2.19. The van der Waals surface area contributed by atoms with Crippen LogP contribution in [0.2, 0.25) is 0 Å². The average Bonchev–Trinajstić information content (AvgIpc) is 3.24. The predicted molar refractivity (Wildman–Crippen MR) is 162 cm³/mol. The van der Waals surface area contributed by atoms with E-state index in [2.05, 4.69) is 70.3 Å². The highest BCUT2D eigenvalue weighted by Crippen LogP contribution is 2.26. The summed E-state index contributed by atoms with van der Waals surface area (Å²) in [4.78, 5) is 16.7. The molecule has 4 rings (SSSR count). The van der Waals surface area contributed by atoms with Crippen LogP contribution in [0.3, 0.4) is 0 Å². The van der Waals surface area contributed by atoms with E-state index < -0.39 is 0 Å². The van der Waals surface area contributed by atoms with E-state index in [1.807, 2.05) is 20.8 Å². The topological polar surface area (TPSA) is 111 Å². The number of nitrogens with one attached hydrogen (secondary N) is 2. The molecular weight excluding hydrogens is 502 g/mol. The molecule has 2 aromatic heterocycles. The van der Waals surface area contributed by atoms with Crippen molar-refractivity contribution in [1.29, 1.82) is 0 Å². The molecule has 0 fully saturated rings. The van der Waals surface area contributed by atoms with Gasteiger partial charge >= 0.3 is 0 Å². The number of hydrogen-bond donors (Lipinski definition) is 4. The number of aromatic nitrogens is 4. The van der Waals surface area contributed by atoms with Gasteiger partial charge in [0.15, 0.2) is 0 Å². The minimum atomic E-state index is 0.0825. The van der Waals surface area contributed by atoms with Gasteiger partial charge in [-0.2, -0.15) is 0 Å². The molecule has 0 radical (unpaired) electrons. The van der Waals surface area contributed by atoms with Crippen LogP contribution in [0.25, 0.3) is 11.0 Å². The predicted octanol–water partition coefficient (Wildman–Crippen LogP) is 3.80. The highest BCUT2D eigenvalue weighted by molar-refractivity contribution is 5.80. The smallest absolute Gasteiger partial charge is 0.204 e. The summed E-state index contributed by atoms with van der Waals surface area (Å²) in [5, 5.41) is 25.6. The van der Waals surface area contributed by atoms with Gasteiger partial charge in [0.2, 0.25) is 5.95 Å². The van der Waals surface area contributed by atoms with Gasteiger partial charge in [-0.15, -0.1) is 0 Å². The van der Waals surface area contributed by atoms with Gasteiger partial charge in [-0.25, -0.2) is 4.98 Å². The van der Waals surface area contributed by atoms with Crippen molar-refractivity contribution in [3.05, 3.63) is 75.9 Å². The standard InChI is InChI=1S/C31H43N7O2/c1-21-15-22(2)17-27(16-21)37(12-14-40)19-26-7-8-28-30(18-26)38(20-29-25(5)34-23(3)24(4)35-29)31(36-28)33-10-6-9-32-11-13-39/h7-8,15-18,32,39-40H,6,9-14,19-20H2,1-5H3,(H,33,36). The van der Waals surface area contributed by atoms with E-state index in [1.54, 1.807) is 0 Å². The maximum absolute atomic E-state index is 9.82. The molecule has 0 aliphatic rings. The van der Waals surface area contributed by atoms with Crippen molar-refractivity contribution in [1.82, 2.24) is 24.8 Å². The molecule has 0 atom stereocenters. The number of anilines is 2. The minimum Gasteiger partial charge on any atom is -0.395 e. The molecule has 0 saturated heterocycles. The van der Waals surface area contributed by atoms with Gasteiger partial charge in [0, 0.05) is 31.9 Å². The van der Waals surface area contributed by atoms with E-state index in [0.717, 1.165) is 70.5 Å². The van der Waals surface area contributed by atoms with E-state index in [9.17, 15) is 5.11 Å². The summed E-state index contributed by atoms with van der Waals surface area (Å²) in [6.07, 6.45) is 0.906. The molecule has 214 valence electrons. The van der Waals surface area contributed by atoms with Gasteiger partial charge in [0.05, 0.1) is 53.6 Å². The molecule has 2 aromatic carbocycles. The number of rotatable bonds is 14. The van der Waals surface area contributed by atoms with Crippen molar-refractivity contribution in [2.45, 2.75) is 54.1 Å². The molecular formula is C31H43N7O2. The Morgan fingerprint density at radius 3 is 2.27 bits per heavy atom. The second-order valence-electron chi connectivity index (χ2n) is 10.5. The summed E-state index contributed by atoms with van der Waals surface area (Å²) in [6, 6.07) is 12.9. The van der Waals surface area contributed by atoms with Crippen LogP contribution in [0, 0.1) is 34.6 Å². The normalized spacial score (nSPS) is 11.4. The number of aryl methyl sites for hydroxylation is 5. The maximum atomic E-state index is 9.82. The molecule has 0 aliphatic heterocycles. The first-order chi connectivity index (χ1) is 19.3. The van der Waals surface area contributed by atoms with Crippen molar-refractivity contribution in [3.63, 3.8) is 0 Å². The fourth-order valence-corrected chi connectivity index (χ4v) is 5.01. The lowest BCUT2D eigenvalue weighted by atomic mass is 10.1. The molecule has 0 aliphatic carbocycles. The van der Waals surface area contributed by atoms with Crippen molar-refractivity contribution < 1.29 is 10.2 Å². The molecule has 2 heterocycles. The first-order valence-electron chi connectivity index (χ1n) is 14.1. The number of aliphatic hydroxyl groups is 2. The maximum Gasteiger partial charge on any atom is 0.204 e. The van der Waals surface area contributed by atoms with Crippen LogP contribution in [0.15, 0.2) is 36.4 Å². The van der Waals surface area contributed by atoms with Gasteiger partial charge in [0.25, 0.3) is 0 Å². The van der Waals surface area contributed by atoms with Crippen LogP contribution in [-0.2, 0) is 13.1 Å². The van der Waals surface area contributed by atoms with Crippen molar-refractivity contribution in [2.24, 2.45) is 0 Å². The number of aliphatic hydroxyl groups excluding tert-OH is 2. The summed E-state index contributed by atoms with van der Waals surface area (Å²) in [6.45, 7) is 14.4. The fraction of sp³-hybridized carbons (Fsp3) is 0.452. The Hall–Kier alpha value is -3.53. The van der Waals surface area contributed by atoms with E-state index in [1.165, 1.54) is 11.1 Å². The SMILES string of the molecule is Cc1cc(C)cc(N(CCO)Cc2ccc3nc(NCCCNCCO)n(Cc4nc(C)c(C)nc4C)c3c2)c1. The Morgan fingerprint density at radius 2 is 1.55 bits per heavy atom. The highest BCUT2D eigenvalue weighted by atomic mass is 16.3. The van der Waals surface area contributed by atoms with Crippen LogP contribution >= 0.6 is 0 Å². The van der Waals surface area contributed by atoms with Crippen LogP contribution in [-0.4, -0.2) is 69.1 Å². The van der Waals surface area contributed by atoms with Crippen LogP contribution in [0.1, 0.15) is 45.9 Å². The summed E-state index contributed by atoms with van der Waals surface area (Å²) in [5.74, 6) is 0.801. The van der Waals surface area contributed by atoms with Crippen LogP contribution < -0.4 is 15.5 Å². The lowest BCUT2D eigenvalue weighted by Gasteiger charge is -2.25. The Labute approximate surface area is 237 Å². The molecule has 0 bridgehead atoms. The molecule has 9 heteroatoms. The van der Waals surface area contributed by atoms with Gasteiger partial charge in [0.1, 0.15) is 0 Å². The largest absolute Gasteiger partial charge is 0.395 e. The third-order valence-electron chi connectivity index (χ3n) is 7.12. The first kappa shape index (κ1) is 29.5. The summed E-state index contributed by atoms with van der Waals surface area (Å²) in [5.41, 5.74) is 10.3. The van der Waals surface area contributed by atoms with E-state index in [0.29, 0.717) is 26.2 Å². The van der Waals surface area contributed by atoms with Gasteiger partial charge < -0.3 is 30.3 Å². The lowest BCUT2D eigenvalue weighted by Crippen LogP contribution is -2.26. The third kappa shape index (κ3) is 7.35. The molecule has 4 aromatic rings.